The van der Waals surface area contributed by atoms with Crippen molar-refractivity contribution in [1.29, 1.82) is 0 Å². The van der Waals surface area contributed by atoms with E-state index in [0.717, 1.165) is 0 Å². The van der Waals surface area contributed by atoms with Crippen LogP contribution in [0.4, 0.5) is 20.4 Å². The predicted octanol–water partition coefficient (Wildman–Crippen LogP) is 1.14. The number of nitrogen functional groups attached to an aromatic ring is 1. The highest BCUT2D eigenvalue weighted by atomic mass is 19.1. The molecule has 0 amide bonds. The van der Waals surface area contributed by atoms with E-state index in [2.05, 4.69) is 9.97 Å². The maximum absolute atomic E-state index is 13.5. The van der Waals surface area contributed by atoms with E-state index in [9.17, 15) is 8.78 Å². The van der Waals surface area contributed by atoms with Gasteiger partial charge in [0, 0.05) is 13.1 Å². The summed E-state index contributed by atoms with van der Waals surface area (Å²) in [6.45, 7) is 0.934. The maximum atomic E-state index is 13.5. The summed E-state index contributed by atoms with van der Waals surface area (Å²) in [5.41, 5.74) is 5.33. The maximum Gasteiger partial charge on any atom is 0.207 e. The van der Waals surface area contributed by atoms with Crippen LogP contribution >= 0.6 is 0 Å². The number of aromatic nitrogens is 2. The van der Waals surface area contributed by atoms with Crippen LogP contribution in [-0.2, 0) is 0 Å². The zero-order chi connectivity index (χ0) is 10.8. The van der Waals surface area contributed by atoms with Gasteiger partial charge in [0.2, 0.25) is 5.82 Å². The number of piperidine rings is 1. The molecule has 0 saturated carbocycles. The number of halogens is 2. The Morgan fingerprint density at radius 3 is 2.67 bits per heavy atom. The molecule has 0 aliphatic carbocycles. The molecule has 15 heavy (non-hydrogen) atoms. The van der Waals surface area contributed by atoms with Crippen LogP contribution in [0.1, 0.15) is 12.8 Å². The second kappa shape index (κ2) is 3.96. The quantitative estimate of drug-likeness (QED) is 0.761. The van der Waals surface area contributed by atoms with E-state index in [1.54, 1.807) is 4.90 Å². The molecule has 1 saturated heterocycles. The highest BCUT2D eigenvalue weighted by Gasteiger charge is 2.22. The molecule has 0 aromatic carbocycles. The molecule has 0 radical (unpaired) electrons. The van der Waals surface area contributed by atoms with Gasteiger partial charge in [0.05, 0.1) is 0 Å². The monoisotopic (exact) mass is 214 g/mol. The van der Waals surface area contributed by atoms with Crippen LogP contribution in [0, 0.1) is 5.82 Å². The molecule has 82 valence electrons. The van der Waals surface area contributed by atoms with E-state index in [0.29, 0.717) is 25.9 Å². The van der Waals surface area contributed by atoms with Crippen LogP contribution in [0.3, 0.4) is 0 Å². The van der Waals surface area contributed by atoms with Gasteiger partial charge in [-0.2, -0.15) is 4.39 Å². The van der Waals surface area contributed by atoms with Crippen molar-refractivity contribution in [3.05, 3.63) is 12.1 Å². The summed E-state index contributed by atoms with van der Waals surface area (Å²) in [4.78, 5) is 9.06. The summed E-state index contributed by atoms with van der Waals surface area (Å²) >= 11 is 0. The Bertz CT molecular complexity index is 350. The lowest BCUT2D eigenvalue weighted by atomic mass is 10.1. The Kier molecular flexibility index (Phi) is 2.66. The third-order valence-electron chi connectivity index (χ3n) is 2.52. The standard InChI is InChI=1S/C9H12F2N4/c10-6-1-3-15(4-2-6)9-7(11)8(12)13-5-14-9/h5-6H,1-4H2,(H2,12,13,14). The van der Waals surface area contributed by atoms with Crippen LogP contribution in [0.2, 0.25) is 0 Å². The Morgan fingerprint density at radius 1 is 1.33 bits per heavy atom. The predicted molar refractivity (Wildman–Crippen MR) is 52.7 cm³/mol. The fourth-order valence-corrected chi connectivity index (χ4v) is 1.65. The number of nitrogens with zero attached hydrogens (tertiary/aromatic N) is 3. The van der Waals surface area contributed by atoms with Crippen molar-refractivity contribution in [3.8, 4) is 0 Å². The van der Waals surface area contributed by atoms with Gasteiger partial charge < -0.3 is 10.6 Å². The summed E-state index contributed by atoms with van der Waals surface area (Å²) in [7, 11) is 0. The van der Waals surface area contributed by atoms with Crippen molar-refractivity contribution in [1.82, 2.24) is 9.97 Å². The number of anilines is 2. The SMILES string of the molecule is Nc1ncnc(N2CCC(F)CC2)c1F. The van der Waals surface area contributed by atoms with Gasteiger partial charge in [-0.1, -0.05) is 0 Å². The second-order valence-corrected chi connectivity index (χ2v) is 3.56. The zero-order valence-corrected chi connectivity index (χ0v) is 8.16. The second-order valence-electron chi connectivity index (χ2n) is 3.56. The summed E-state index contributed by atoms with van der Waals surface area (Å²) in [5, 5.41) is 0. The normalized spacial score (nSPS) is 18.1. The molecule has 2 rings (SSSR count). The Balaban J connectivity index is 2.19. The number of nitrogens with two attached hydrogens (primary N) is 1. The van der Waals surface area contributed by atoms with Gasteiger partial charge in [-0.3, -0.25) is 0 Å². The van der Waals surface area contributed by atoms with Crippen LogP contribution < -0.4 is 10.6 Å². The summed E-state index contributed by atoms with van der Waals surface area (Å²) in [6.07, 6.45) is 1.24. The first-order valence-corrected chi connectivity index (χ1v) is 4.83. The van der Waals surface area contributed by atoms with E-state index < -0.39 is 12.0 Å². The van der Waals surface area contributed by atoms with Gasteiger partial charge in [-0.15, -0.1) is 0 Å². The molecule has 2 N–H and O–H groups in total. The molecule has 4 nitrogen and oxygen atoms in total. The first kappa shape index (κ1) is 10.1. The Labute approximate surface area is 86.1 Å². The average molecular weight is 214 g/mol. The zero-order valence-electron chi connectivity index (χ0n) is 8.16. The van der Waals surface area contributed by atoms with Gasteiger partial charge in [0.15, 0.2) is 11.6 Å². The van der Waals surface area contributed by atoms with Crippen LogP contribution in [0.5, 0.6) is 0 Å². The smallest absolute Gasteiger partial charge is 0.207 e. The summed E-state index contributed by atoms with van der Waals surface area (Å²) < 4.78 is 26.4. The molecule has 1 aromatic rings. The van der Waals surface area contributed by atoms with Crippen molar-refractivity contribution in [3.63, 3.8) is 0 Å². The minimum absolute atomic E-state index is 0.164. The lowest BCUT2D eigenvalue weighted by Crippen LogP contribution is -2.35. The molecule has 6 heteroatoms. The van der Waals surface area contributed by atoms with Crippen molar-refractivity contribution in [2.75, 3.05) is 23.7 Å². The Hall–Kier alpha value is -1.46. The van der Waals surface area contributed by atoms with Gasteiger partial charge in [-0.05, 0) is 12.8 Å². The van der Waals surface area contributed by atoms with E-state index in [1.807, 2.05) is 0 Å². The molecule has 1 aliphatic heterocycles. The molecule has 2 heterocycles. The topological polar surface area (TPSA) is 55.0 Å². The third kappa shape index (κ3) is 1.98. The Morgan fingerprint density at radius 2 is 2.00 bits per heavy atom. The van der Waals surface area contributed by atoms with E-state index >= 15 is 0 Å². The van der Waals surface area contributed by atoms with Crippen LogP contribution in [0.25, 0.3) is 0 Å². The van der Waals surface area contributed by atoms with Crippen molar-refractivity contribution in [2.24, 2.45) is 0 Å². The molecule has 1 fully saturated rings. The minimum atomic E-state index is -0.788. The average Bonchev–Trinajstić information content (AvgIpc) is 2.24. The fraction of sp³-hybridized carbons (Fsp3) is 0.556. The van der Waals surface area contributed by atoms with Gasteiger partial charge in [0.1, 0.15) is 12.5 Å². The van der Waals surface area contributed by atoms with Crippen LogP contribution in [0.15, 0.2) is 6.33 Å². The van der Waals surface area contributed by atoms with Gasteiger partial charge in [0.25, 0.3) is 0 Å². The minimum Gasteiger partial charge on any atom is -0.381 e. The fourth-order valence-electron chi connectivity index (χ4n) is 1.65. The number of alkyl halides is 1. The lowest BCUT2D eigenvalue weighted by molar-refractivity contribution is 0.276. The molecule has 0 bridgehead atoms. The van der Waals surface area contributed by atoms with E-state index in [-0.39, 0.29) is 11.6 Å². The largest absolute Gasteiger partial charge is 0.381 e. The van der Waals surface area contributed by atoms with Crippen LogP contribution in [-0.4, -0.2) is 29.2 Å². The first-order valence-electron chi connectivity index (χ1n) is 4.83. The molecule has 1 aromatic heterocycles. The molecule has 1 aliphatic rings. The first-order chi connectivity index (χ1) is 7.18. The third-order valence-corrected chi connectivity index (χ3v) is 2.52. The lowest BCUT2D eigenvalue weighted by Gasteiger charge is -2.29. The number of hydrogen-bond acceptors (Lipinski definition) is 4. The van der Waals surface area contributed by atoms with Crippen molar-refractivity contribution >= 4 is 11.6 Å². The van der Waals surface area contributed by atoms with Gasteiger partial charge >= 0.3 is 0 Å². The summed E-state index contributed by atoms with van der Waals surface area (Å²) in [6, 6.07) is 0. The number of hydrogen-bond donors (Lipinski definition) is 1. The van der Waals surface area contributed by atoms with E-state index in [4.69, 9.17) is 5.73 Å². The number of rotatable bonds is 1. The van der Waals surface area contributed by atoms with Crippen molar-refractivity contribution < 1.29 is 8.78 Å². The molecule has 0 unspecified atom stereocenters. The van der Waals surface area contributed by atoms with E-state index in [1.165, 1.54) is 6.33 Å². The summed E-state index contributed by atoms with van der Waals surface area (Å²) in [5.74, 6) is -0.605. The van der Waals surface area contributed by atoms with Gasteiger partial charge in [-0.25, -0.2) is 14.4 Å². The molecule has 0 spiro atoms. The highest BCUT2D eigenvalue weighted by molar-refractivity contribution is 5.48. The molecular weight excluding hydrogens is 202 g/mol. The van der Waals surface area contributed by atoms with Crippen molar-refractivity contribution in [2.45, 2.75) is 19.0 Å². The molecule has 0 atom stereocenters. The highest BCUT2D eigenvalue weighted by Crippen LogP contribution is 2.23. The molecular formula is C9H12F2N4.